The minimum atomic E-state index is -4.26. The fourth-order valence-corrected chi connectivity index (χ4v) is 7.56. The van der Waals surface area contributed by atoms with Gasteiger partial charge >= 0.3 is 0 Å². The molecule has 1 fully saturated rings. The summed E-state index contributed by atoms with van der Waals surface area (Å²) in [7, 11) is -4.26. The zero-order valence-electron chi connectivity index (χ0n) is 27.2. The highest BCUT2D eigenvalue weighted by Gasteiger charge is 2.35. The van der Waals surface area contributed by atoms with E-state index in [0.717, 1.165) is 53.1 Å². The monoisotopic (exact) mass is 689 g/mol. The summed E-state index contributed by atoms with van der Waals surface area (Å²) < 4.78 is 43.5. The number of amides is 2. The van der Waals surface area contributed by atoms with Crippen molar-refractivity contribution in [3.63, 3.8) is 0 Å². The van der Waals surface area contributed by atoms with Gasteiger partial charge in [0.15, 0.2) is 0 Å². The van der Waals surface area contributed by atoms with E-state index < -0.39 is 34.3 Å². The van der Waals surface area contributed by atoms with Crippen LogP contribution in [0.3, 0.4) is 0 Å². The van der Waals surface area contributed by atoms with E-state index in [1.807, 2.05) is 50.2 Å². The van der Waals surface area contributed by atoms with Gasteiger partial charge in [-0.15, -0.1) is 0 Å². The van der Waals surface area contributed by atoms with Gasteiger partial charge in [-0.2, -0.15) is 0 Å². The van der Waals surface area contributed by atoms with Gasteiger partial charge in [0.2, 0.25) is 11.8 Å². The molecule has 4 aromatic carbocycles. The van der Waals surface area contributed by atoms with E-state index in [2.05, 4.69) is 5.32 Å². The Balaban J connectivity index is 1.57. The predicted octanol–water partition coefficient (Wildman–Crippen LogP) is 7.38. The summed E-state index contributed by atoms with van der Waals surface area (Å²) in [6.45, 7) is 3.19. The molecule has 1 unspecified atom stereocenters. The zero-order valence-corrected chi connectivity index (χ0v) is 28.8. The number of carbonyl (C=O) groups excluding carboxylic acids is 2. The topological polar surface area (TPSA) is 86.8 Å². The van der Waals surface area contributed by atoms with Gasteiger partial charge in [0.25, 0.3) is 10.0 Å². The highest BCUT2D eigenvalue weighted by Crippen LogP contribution is 2.28. The number of nitrogens with one attached hydrogen (secondary N) is 1. The molecule has 5 rings (SSSR count). The summed E-state index contributed by atoms with van der Waals surface area (Å²) in [6, 6.07) is 25.2. The van der Waals surface area contributed by atoms with E-state index in [1.54, 1.807) is 24.3 Å². The first-order chi connectivity index (χ1) is 23.0. The molecule has 252 valence electrons. The second-order valence-corrected chi connectivity index (χ2v) is 14.7. The van der Waals surface area contributed by atoms with Crippen LogP contribution in [0.5, 0.6) is 0 Å². The lowest BCUT2D eigenvalue weighted by Crippen LogP contribution is -2.55. The number of aryl methyl sites for hydroxylation is 2. The van der Waals surface area contributed by atoms with Gasteiger partial charge in [-0.3, -0.25) is 13.9 Å². The van der Waals surface area contributed by atoms with Crippen LogP contribution in [-0.2, 0) is 32.6 Å². The molecule has 2 amide bonds. The van der Waals surface area contributed by atoms with Crippen molar-refractivity contribution >= 4 is 39.1 Å². The van der Waals surface area contributed by atoms with Crippen molar-refractivity contribution in [2.45, 2.75) is 75.9 Å². The van der Waals surface area contributed by atoms with E-state index in [1.165, 1.54) is 41.3 Å². The number of benzene rings is 4. The first-order valence-corrected chi connectivity index (χ1v) is 18.1. The van der Waals surface area contributed by atoms with Crippen LogP contribution in [0, 0.1) is 19.7 Å². The van der Waals surface area contributed by atoms with Crippen molar-refractivity contribution in [1.82, 2.24) is 10.2 Å². The van der Waals surface area contributed by atoms with Gasteiger partial charge in [0.05, 0.1) is 10.6 Å². The minimum Gasteiger partial charge on any atom is -0.352 e. The molecule has 0 heterocycles. The summed E-state index contributed by atoms with van der Waals surface area (Å²) in [5.74, 6) is -1.31. The Hall–Kier alpha value is -4.21. The molecule has 10 heteroatoms. The number of rotatable bonds is 12. The molecule has 0 aliphatic heterocycles. The Morgan fingerprint density at radius 1 is 0.854 bits per heavy atom. The summed E-state index contributed by atoms with van der Waals surface area (Å²) in [4.78, 5) is 30.2. The number of halogens is 2. The van der Waals surface area contributed by atoms with Crippen LogP contribution in [-0.4, -0.2) is 43.8 Å². The lowest BCUT2D eigenvalue weighted by Gasteiger charge is -2.35. The van der Waals surface area contributed by atoms with Crippen molar-refractivity contribution in [3.05, 3.63) is 130 Å². The van der Waals surface area contributed by atoms with Crippen molar-refractivity contribution < 1.29 is 22.4 Å². The van der Waals surface area contributed by atoms with E-state index in [9.17, 15) is 22.4 Å². The molecule has 1 saturated carbocycles. The lowest BCUT2D eigenvalue weighted by atomic mass is 9.94. The predicted molar refractivity (Wildman–Crippen MR) is 188 cm³/mol. The van der Waals surface area contributed by atoms with E-state index in [4.69, 9.17) is 11.6 Å². The molecule has 0 saturated heterocycles. The molecule has 0 bridgehead atoms. The summed E-state index contributed by atoms with van der Waals surface area (Å²) in [5, 5.41) is 3.57. The van der Waals surface area contributed by atoms with Crippen molar-refractivity contribution in [3.8, 4) is 0 Å². The van der Waals surface area contributed by atoms with Gasteiger partial charge in [-0.05, 0) is 97.5 Å². The van der Waals surface area contributed by atoms with Gasteiger partial charge in [-0.25, -0.2) is 12.8 Å². The lowest BCUT2D eigenvalue weighted by molar-refractivity contribution is -0.140. The Bertz CT molecular complexity index is 1810. The third-order valence-corrected chi connectivity index (χ3v) is 11.0. The maximum Gasteiger partial charge on any atom is 0.264 e. The fraction of sp³-hybridized carbons (Fsp3) is 0.316. The molecule has 0 radical (unpaired) electrons. The van der Waals surface area contributed by atoms with Gasteiger partial charge in [0.1, 0.15) is 18.4 Å². The number of nitrogens with zero attached hydrogens (tertiary/aromatic N) is 2. The molecular formula is C38H41ClFN3O4S. The van der Waals surface area contributed by atoms with Gasteiger partial charge in [-0.1, -0.05) is 79.4 Å². The largest absolute Gasteiger partial charge is 0.352 e. The van der Waals surface area contributed by atoms with Crippen LogP contribution in [0.1, 0.15) is 54.4 Å². The fourth-order valence-electron chi connectivity index (χ4n) is 6.03. The number of carbonyl (C=O) groups is 2. The first kappa shape index (κ1) is 35.1. The van der Waals surface area contributed by atoms with E-state index in [-0.39, 0.29) is 29.8 Å². The van der Waals surface area contributed by atoms with Crippen LogP contribution in [0.2, 0.25) is 5.02 Å². The molecule has 0 spiro atoms. The number of hydrogen-bond acceptors (Lipinski definition) is 4. The molecule has 1 atom stereocenters. The van der Waals surface area contributed by atoms with Gasteiger partial charge in [0, 0.05) is 24.0 Å². The Morgan fingerprint density at radius 2 is 1.52 bits per heavy atom. The van der Waals surface area contributed by atoms with E-state index in [0.29, 0.717) is 16.3 Å². The second kappa shape index (κ2) is 15.8. The third kappa shape index (κ3) is 8.82. The highest BCUT2D eigenvalue weighted by molar-refractivity contribution is 7.92. The van der Waals surface area contributed by atoms with Crippen molar-refractivity contribution in [2.24, 2.45) is 0 Å². The normalized spacial score (nSPS) is 14.2. The SMILES string of the molecule is Cc1ccc(N(CC(=O)N(Cc2ccc(F)cc2)C(Cc2ccccc2)C(=O)NC2CCCCC2)S(=O)(=O)c2ccc(Cl)cc2)cc1C. The smallest absolute Gasteiger partial charge is 0.264 e. The molecule has 48 heavy (non-hydrogen) atoms. The molecule has 1 aliphatic rings. The molecular weight excluding hydrogens is 649 g/mol. The summed E-state index contributed by atoms with van der Waals surface area (Å²) in [6.07, 6.45) is 5.07. The van der Waals surface area contributed by atoms with Crippen LogP contribution in [0.15, 0.2) is 102 Å². The first-order valence-electron chi connectivity index (χ1n) is 16.2. The maximum absolute atomic E-state index is 14.7. The quantitative estimate of drug-likeness (QED) is 0.168. The van der Waals surface area contributed by atoms with Crippen LogP contribution in [0.4, 0.5) is 10.1 Å². The summed E-state index contributed by atoms with van der Waals surface area (Å²) >= 11 is 6.08. The number of anilines is 1. The Labute approximate surface area is 287 Å². The van der Waals surface area contributed by atoms with E-state index >= 15 is 0 Å². The molecule has 0 aromatic heterocycles. The average Bonchev–Trinajstić information content (AvgIpc) is 3.08. The molecule has 7 nitrogen and oxygen atoms in total. The Kier molecular flexibility index (Phi) is 11.5. The molecule has 4 aromatic rings. The number of hydrogen-bond donors (Lipinski definition) is 1. The van der Waals surface area contributed by atoms with Gasteiger partial charge < -0.3 is 10.2 Å². The standard InChI is InChI=1S/C38H41ClFN3O4S/c1-27-13-20-34(23-28(27)2)43(48(46,47)35-21-16-31(39)17-22-35)26-37(44)42(25-30-14-18-32(40)19-15-30)36(24-29-9-5-3-6-10-29)38(45)41-33-11-7-4-8-12-33/h3,5-6,9-10,13-23,33,36H,4,7-8,11-12,24-26H2,1-2H3,(H,41,45). The zero-order chi connectivity index (χ0) is 34.3. The average molecular weight is 690 g/mol. The maximum atomic E-state index is 14.7. The van der Waals surface area contributed by atoms with Crippen LogP contribution < -0.4 is 9.62 Å². The van der Waals surface area contributed by atoms with Crippen molar-refractivity contribution in [2.75, 3.05) is 10.8 Å². The van der Waals surface area contributed by atoms with Crippen molar-refractivity contribution in [1.29, 1.82) is 0 Å². The number of sulfonamides is 1. The molecule has 1 N–H and O–H groups in total. The highest BCUT2D eigenvalue weighted by atomic mass is 35.5. The van der Waals surface area contributed by atoms with Crippen LogP contribution in [0.25, 0.3) is 0 Å². The third-order valence-electron chi connectivity index (χ3n) is 8.95. The minimum absolute atomic E-state index is 0.00962. The molecule has 1 aliphatic carbocycles. The summed E-state index contributed by atoms with van der Waals surface area (Å²) in [5.41, 5.74) is 3.58. The Morgan fingerprint density at radius 3 is 2.17 bits per heavy atom. The van der Waals surface area contributed by atoms with Crippen LogP contribution >= 0.6 is 11.6 Å². The second-order valence-electron chi connectivity index (χ2n) is 12.4.